The van der Waals surface area contributed by atoms with E-state index in [0.717, 1.165) is 17.7 Å². The third-order valence-corrected chi connectivity index (χ3v) is 4.42. The fourth-order valence-electron chi connectivity index (χ4n) is 3.04. The minimum Gasteiger partial charge on any atom is -0.496 e. The Balaban J connectivity index is 2.49. The van der Waals surface area contributed by atoms with Crippen LogP contribution in [0.5, 0.6) is 5.75 Å². The second-order valence-corrected chi connectivity index (χ2v) is 5.76. The van der Waals surface area contributed by atoms with Gasteiger partial charge in [-0.3, -0.25) is 0 Å². The third kappa shape index (κ3) is 1.95. The maximum Gasteiger partial charge on any atom is 0.123 e. The standard InChI is InChI=1S/C15H23NO/c1-14(2)10-6-7-11-15(14,16)12-8-4-5-9-13(12)17-3/h4-5,8-9H,6-7,10-11,16H2,1-3H3. The summed E-state index contributed by atoms with van der Waals surface area (Å²) in [4.78, 5) is 0. The molecule has 1 unspecified atom stereocenters. The van der Waals surface area contributed by atoms with Crippen LogP contribution in [0.1, 0.15) is 45.1 Å². The molecule has 94 valence electrons. The van der Waals surface area contributed by atoms with Crippen molar-refractivity contribution in [1.82, 2.24) is 0 Å². The second kappa shape index (κ2) is 4.34. The maximum absolute atomic E-state index is 6.75. The zero-order valence-corrected chi connectivity index (χ0v) is 11.1. The molecule has 2 heteroatoms. The molecule has 1 atom stereocenters. The van der Waals surface area contributed by atoms with Crippen molar-refractivity contribution in [1.29, 1.82) is 0 Å². The molecule has 1 aliphatic carbocycles. The summed E-state index contributed by atoms with van der Waals surface area (Å²) in [6, 6.07) is 8.18. The van der Waals surface area contributed by atoms with E-state index in [4.69, 9.17) is 10.5 Å². The monoisotopic (exact) mass is 233 g/mol. The highest BCUT2D eigenvalue weighted by molar-refractivity contribution is 5.40. The van der Waals surface area contributed by atoms with E-state index in [1.165, 1.54) is 19.3 Å². The number of methoxy groups -OCH3 is 1. The third-order valence-electron chi connectivity index (χ3n) is 4.42. The van der Waals surface area contributed by atoms with Gasteiger partial charge in [0.2, 0.25) is 0 Å². The summed E-state index contributed by atoms with van der Waals surface area (Å²) < 4.78 is 5.48. The van der Waals surface area contributed by atoms with Crippen molar-refractivity contribution in [2.75, 3.05) is 7.11 Å². The fourth-order valence-corrected chi connectivity index (χ4v) is 3.04. The van der Waals surface area contributed by atoms with Gasteiger partial charge >= 0.3 is 0 Å². The van der Waals surface area contributed by atoms with E-state index in [1.807, 2.05) is 12.1 Å². The van der Waals surface area contributed by atoms with Gasteiger partial charge in [-0.15, -0.1) is 0 Å². The molecule has 1 fully saturated rings. The molecule has 1 aromatic carbocycles. The van der Waals surface area contributed by atoms with Crippen LogP contribution in [0.15, 0.2) is 24.3 Å². The Morgan fingerprint density at radius 3 is 2.41 bits per heavy atom. The van der Waals surface area contributed by atoms with Gasteiger partial charge in [-0.2, -0.15) is 0 Å². The molecule has 0 saturated heterocycles. The van der Waals surface area contributed by atoms with Crippen LogP contribution in [0, 0.1) is 5.41 Å². The van der Waals surface area contributed by atoms with Crippen molar-refractivity contribution in [3.05, 3.63) is 29.8 Å². The molecular weight excluding hydrogens is 210 g/mol. The van der Waals surface area contributed by atoms with Crippen molar-refractivity contribution in [3.63, 3.8) is 0 Å². The smallest absolute Gasteiger partial charge is 0.123 e. The normalized spacial score (nSPS) is 27.8. The average Bonchev–Trinajstić information content (AvgIpc) is 2.33. The lowest BCUT2D eigenvalue weighted by Gasteiger charge is -2.48. The Morgan fingerprint density at radius 2 is 1.76 bits per heavy atom. The Kier molecular flexibility index (Phi) is 3.17. The van der Waals surface area contributed by atoms with Crippen LogP contribution >= 0.6 is 0 Å². The van der Waals surface area contributed by atoms with Crippen LogP contribution in [0.3, 0.4) is 0 Å². The Morgan fingerprint density at radius 1 is 1.12 bits per heavy atom. The predicted molar refractivity (Wildman–Crippen MR) is 71.1 cm³/mol. The highest BCUT2D eigenvalue weighted by atomic mass is 16.5. The lowest BCUT2D eigenvalue weighted by Crippen LogP contribution is -2.51. The highest BCUT2D eigenvalue weighted by Gasteiger charge is 2.45. The molecule has 2 N–H and O–H groups in total. The lowest BCUT2D eigenvalue weighted by molar-refractivity contribution is 0.0952. The number of benzene rings is 1. The van der Waals surface area contributed by atoms with Crippen molar-refractivity contribution >= 4 is 0 Å². The first-order valence-corrected chi connectivity index (χ1v) is 6.44. The first-order chi connectivity index (χ1) is 8.01. The van der Waals surface area contributed by atoms with Crippen LogP contribution in [0.4, 0.5) is 0 Å². The molecule has 0 spiro atoms. The zero-order valence-electron chi connectivity index (χ0n) is 11.1. The number of hydrogen-bond donors (Lipinski definition) is 1. The molecule has 0 bridgehead atoms. The summed E-state index contributed by atoms with van der Waals surface area (Å²) in [5, 5.41) is 0. The van der Waals surface area contributed by atoms with E-state index in [0.29, 0.717) is 0 Å². The summed E-state index contributed by atoms with van der Waals surface area (Å²) in [7, 11) is 1.72. The topological polar surface area (TPSA) is 35.2 Å². The van der Waals surface area contributed by atoms with Crippen LogP contribution in [-0.4, -0.2) is 7.11 Å². The van der Waals surface area contributed by atoms with Gasteiger partial charge in [0.15, 0.2) is 0 Å². The van der Waals surface area contributed by atoms with E-state index in [9.17, 15) is 0 Å². The lowest BCUT2D eigenvalue weighted by atomic mass is 9.60. The molecule has 1 saturated carbocycles. The van der Waals surface area contributed by atoms with Gasteiger partial charge in [0.1, 0.15) is 5.75 Å². The fraction of sp³-hybridized carbons (Fsp3) is 0.600. The van der Waals surface area contributed by atoms with E-state index in [1.54, 1.807) is 7.11 Å². The first-order valence-electron chi connectivity index (χ1n) is 6.44. The molecule has 17 heavy (non-hydrogen) atoms. The molecule has 0 radical (unpaired) electrons. The molecule has 0 heterocycles. The summed E-state index contributed by atoms with van der Waals surface area (Å²) in [5.74, 6) is 0.921. The van der Waals surface area contributed by atoms with Gasteiger partial charge in [-0.25, -0.2) is 0 Å². The Hall–Kier alpha value is -1.02. The summed E-state index contributed by atoms with van der Waals surface area (Å²) >= 11 is 0. The van der Waals surface area contributed by atoms with Gasteiger partial charge in [-0.1, -0.05) is 44.9 Å². The molecule has 0 aromatic heterocycles. The van der Waals surface area contributed by atoms with Gasteiger partial charge in [-0.05, 0) is 24.3 Å². The second-order valence-electron chi connectivity index (χ2n) is 5.76. The van der Waals surface area contributed by atoms with Crippen LogP contribution in [0.2, 0.25) is 0 Å². The number of nitrogens with two attached hydrogens (primary N) is 1. The van der Waals surface area contributed by atoms with Gasteiger partial charge in [0.25, 0.3) is 0 Å². The Labute approximate surface area is 104 Å². The molecular formula is C15H23NO. The summed E-state index contributed by atoms with van der Waals surface area (Å²) in [5.41, 5.74) is 7.77. The SMILES string of the molecule is COc1ccccc1C1(N)CCCCC1(C)C. The first kappa shape index (κ1) is 12.4. The van der Waals surface area contributed by atoms with Crippen molar-refractivity contribution in [3.8, 4) is 5.75 Å². The zero-order chi connectivity index (χ0) is 12.5. The average molecular weight is 233 g/mol. The number of hydrogen-bond acceptors (Lipinski definition) is 2. The largest absolute Gasteiger partial charge is 0.496 e. The number of rotatable bonds is 2. The molecule has 0 amide bonds. The van der Waals surface area contributed by atoms with Crippen LogP contribution in [-0.2, 0) is 5.54 Å². The molecule has 1 aromatic rings. The van der Waals surface area contributed by atoms with E-state index < -0.39 is 0 Å². The van der Waals surface area contributed by atoms with Crippen LogP contribution < -0.4 is 10.5 Å². The minimum atomic E-state index is -0.266. The maximum atomic E-state index is 6.75. The molecule has 2 nitrogen and oxygen atoms in total. The molecule has 0 aliphatic heterocycles. The number of ether oxygens (including phenoxy) is 1. The van der Waals surface area contributed by atoms with Crippen molar-refractivity contribution < 1.29 is 4.74 Å². The highest BCUT2D eigenvalue weighted by Crippen LogP contribution is 2.50. The summed E-state index contributed by atoms with van der Waals surface area (Å²) in [6.07, 6.45) is 4.71. The van der Waals surface area contributed by atoms with Crippen molar-refractivity contribution in [2.45, 2.75) is 45.1 Å². The summed E-state index contributed by atoms with van der Waals surface area (Å²) in [6.45, 7) is 4.55. The van der Waals surface area contributed by atoms with E-state index >= 15 is 0 Å². The molecule has 2 rings (SSSR count). The minimum absolute atomic E-state index is 0.125. The molecule has 1 aliphatic rings. The van der Waals surface area contributed by atoms with Gasteiger partial charge < -0.3 is 10.5 Å². The van der Waals surface area contributed by atoms with Gasteiger partial charge in [0, 0.05) is 11.1 Å². The Bertz CT molecular complexity index is 400. The van der Waals surface area contributed by atoms with Crippen LogP contribution in [0.25, 0.3) is 0 Å². The van der Waals surface area contributed by atoms with E-state index in [-0.39, 0.29) is 11.0 Å². The van der Waals surface area contributed by atoms with Gasteiger partial charge in [0.05, 0.1) is 7.11 Å². The predicted octanol–water partition coefficient (Wildman–Crippen LogP) is 3.45. The van der Waals surface area contributed by atoms with Crippen molar-refractivity contribution in [2.24, 2.45) is 11.1 Å². The quantitative estimate of drug-likeness (QED) is 0.849. The van der Waals surface area contributed by atoms with E-state index in [2.05, 4.69) is 26.0 Å². The number of para-hydroxylation sites is 1.